The Balaban J connectivity index is 1.47. The van der Waals surface area contributed by atoms with Gasteiger partial charge in [0.2, 0.25) is 0 Å². The van der Waals surface area contributed by atoms with Gasteiger partial charge in [-0.1, -0.05) is 35.9 Å². The van der Waals surface area contributed by atoms with Crippen molar-refractivity contribution in [2.45, 2.75) is 20.0 Å². The van der Waals surface area contributed by atoms with Crippen LogP contribution in [0.4, 0.5) is 0 Å². The van der Waals surface area contributed by atoms with E-state index in [4.69, 9.17) is 0 Å². The minimum atomic E-state index is 0.971. The van der Waals surface area contributed by atoms with Gasteiger partial charge in [0.25, 0.3) is 0 Å². The van der Waals surface area contributed by atoms with E-state index >= 15 is 0 Å². The number of aryl methyl sites for hydroxylation is 1. The molecule has 1 fully saturated rings. The van der Waals surface area contributed by atoms with Crippen LogP contribution in [-0.2, 0) is 13.1 Å². The van der Waals surface area contributed by atoms with E-state index < -0.39 is 0 Å². The maximum Gasteiger partial charge on any atom is 0.0543 e. The summed E-state index contributed by atoms with van der Waals surface area (Å²) in [6.07, 6.45) is 1.88. The highest BCUT2D eigenvalue weighted by Gasteiger charge is 2.17. The Kier molecular flexibility index (Phi) is 4.63. The van der Waals surface area contributed by atoms with Crippen molar-refractivity contribution in [1.29, 1.82) is 0 Å². The lowest BCUT2D eigenvalue weighted by atomic mass is 10.1. The third-order valence-corrected chi connectivity index (χ3v) is 4.10. The van der Waals surface area contributed by atoms with Crippen LogP contribution in [-0.4, -0.2) is 41.0 Å². The number of piperazine rings is 1. The molecule has 0 radical (unpaired) electrons. The lowest BCUT2D eigenvalue weighted by molar-refractivity contribution is 0.121. The molecule has 0 saturated carbocycles. The first kappa shape index (κ1) is 14.2. The van der Waals surface area contributed by atoms with Crippen LogP contribution in [0.5, 0.6) is 0 Å². The predicted molar refractivity (Wildman–Crippen MR) is 86.0 cm³/mol. The Labute approximate surface area is 127 Å². The van der Waals surface area contributed by atoms with Crippen molar-refractivity contribution in [3.63, 3.8) is 0 Å². The first-order chi connectivity index (χ1) is 10.3. The molecule has 110 valence electrons. The molecule has 1 saturated heterocycles. The van der Waals surface area contributed by atoms with Gasteiger partial charge in [0, 0.05) is 45.5 Å². The molecule has 1 aromatic heterocycles. The number of nitrogens with zero attached hydrogens (tertiary/aromatic N) is 3. The zero-order valence-corrected chi connectivity index (χ0v) is 12.7. The monoisotopic (exact) mass is 281 g/mol. The Morgan fingerprint density at radius 2 is 1.52 bits per heavy atom. The molecule has 3 heteroatoms. The molecule has 3 nitrogen and oxygen atoms in total. The molecule has 1 aromatic carbocycles. The molecule has 0 bridgehead atoms. The van der Waals surface area contributed by atoms with Crippen LogP contribution < -0.4 is 0 Å². The second-order valence-corrected chi connectivity index (χ2v) is 5.86. The highest BCUT2D eigenvalue weighted by atomic mass is 15.3. The summed E-state index contributed by atoms with van der Waals surface area (Å²) in [7, 11) is 0. The van der Waals surface area contributed by atoms with E-state index in [0.29, 0.717) is 0 Å². The Morgan fingerprint density at radius 1 is 0.857 bits per heavy atom. The van der Waals surface area contributed by atoms with Crippen molar-refractivity contribution in [3.05, 3.63) is 65.5 Å². The lowest BCUT2D eigenvalue weighted by Gasteiger charge is -2.34. The fraction of sp³-hybridized carbons (Fsp3) is 0.389. The third-order valence-electron chi connectivity index (χ3n) is 4.10. The Morgan fingerprint density at radius 3 is 2.14 bits per heavy atom. The van der Waals surface area contributed by atoms with Crippen molar-refractivity contribution in [2.24, 2.45) is 0 Å². The Hall–Kier alpha value is -1.71. The van der Waals surface area contributed by atoms with Gasteiger partial charge in [-0.25, -0.2) is 0 Å². The number of rotatable bonds is 4. The van der Waals surface area contributed by atoms with E-state index in [1.807, 2.05) is 12.3 Å². The molecule has 1 aliphatic rings. The van der Waals surface area contributed by atoms with E-state index in [0.717, 1.165) is 39.3 Å². The molecule has 21 heavy (non-hydrogen) atoms. The van der Waals surface area contributed by atoms with Crippen LogP contribution in [0, 0.1) is 6.92 Å². The minimum Gasteiger partial charge on any atom is -0.297 e. The summed E-state index contributed by atoms with van der Waals surface area (Å²) in [4.78, 5) is 9.45. The fourth-order valence-corrected chi connectivity index (χ4v) is 2.78. The average molecular weight is 281 g/mol. The van der Waals surface area contributed by atoms with Gasteiger partial charge in [-0.3, -0.25) is 14.8 Å². The molecule has 1 aliphatic heterocycles. The van der Waals surface area contributed by atoms with Crippen LogP contribution in [0.3, 0.4) is 0 Å². The van der Waals surface area contributed by atoms with Gasteiger partial charge in [-0.2, -0.15) is 0 Å². The number of aromatic nitrogens is 1. The average Bonchev–Trinajstić information content (AvgIpc) is 2.53. The highest BCUT2D eigenvalue weighted by Crippen LogP contribution is 2.11. The zero-order chi connectivity index (χ0) is 14.5. The van der Waals surface area contributed by atoms with Crippen molar-refractivity contribution in [1.82, 2.24) is 14.8 Å². The first-order valence-electron chi connectivity index (χ1n) is 7.70. The summed E-state index contributed by atoms with van der Waals surface area (Å²) in [5, 5.41) is 0. The Bertz CT molecular complexity index is 542. The van der Waals surface area contributed by atoms with Gasteiger partial charge in [0.1, 0.15) is 0 Å². The molecule has 0 amide bonds. The zero-order valence-electron chi connectivity index (χ0n) is 12.7. The summed E-state index contributed by atoms with van der Waals surface area (Å²) in [6, 6.07) is 15.0. The summed E-state index contributed by atoms with van der Waals surface area (Å²) >= 11 is 0. The van der Waals surface area contributed by atoms with Crippen LogP contribution in [0.25, 0.3) is 0 Å². The molecule has 2 heterocycles. The summed E-state index contributed by atoms with van der Waals surface area (Å²) in [6.45, 7) is 8.71. The second-order valence-electron chi connectivity index (χ2n) is 5.86. The molecule has 2 aromatic rings. The maximum atomic E-state index is 4.41. The van der Waals surface area contributed by atoms with Crippen LogP contribution in [0.15, 0.2) is 48.7 Å². The van der Waals surface area contributed by atoms with Crippen LogP contribution in [0.2, 0.25) is 0 Å². The minimum absolute atomic E-state index is 0.971. The van der Waals surface area contributed by atoms with E-state index in [-0.39, 0.29) is 0 Å². The van der Waals surface area contributed by atoms with Crippen LogP contribution in [0.1, 0.15) is 16.8 Å². The molecule has 0 unspecified atom stereocenters. The topological polar surface area (TPSA) is 19.4 Å². The molecule has 0 atom stereocenters. The smallest absolute Gasteiger partial charge is 0.0543 e. The summed E-state index contributed by atoms with van der Waals surface area (Å²) in [5.74, 6) is 0. The van der Waals surface area contributed by atoms with Gasteiger partial charge in [-0.15, -0.1) is 0 Å². The molecule has 0 N–H and O–H groups in total. The number of hydrogen-bond acceptors (Lipinski definition) is 3. The number of hydrogen-bond donors (Lipinski definition) is 0. The molecule has 3 rings (SSSR count). The van der Waals surface area contributed by atoms with Crippen molar-refractivity contribution in [3.8, 4) is 0 Å². The lowest BCUT2D eigenvalue weighted by Crippen LogP contribution is -2.45. The molecule has 0 aliphatic carbocycles. The quantitative estimate of drug-likeness (QED) is 0.859. The number of benzene rings is 1. The van der Waals surface area contributed by atoms with E-state index in [1.165, 1.54) is 16.8 Å². The van der Waals surface area contributed by atoms with Gasteiger partial charge in [0.15, 0.2) is 0 Å². The van der Waals surface area contributed by atoms with E-state index in [2.05, 4.69) is 58.1 Å². The van der Waals surface area contributed by atoms with Gasteiger partial charge < -0.3 is 0 Å². The largest absolute Gasteiger partial charge is 0.297 e. The highest BCUT2D eigenvalue weighted by molar-refractivity contribution is 5.21. The molecular formula is C18H23N3. The van der Waals surface area contributed by atoms with Crippen molar-refractivity contribution in [2.75, 3.05) is 26.2 Å². The van der Waals surface area contributed by atoms with Crippen molar-refractivity contribution >= 4 is 0 Å². The van der Waals surface area contributed by atoms with Gasteiger partial charge >= 0.3 is 0 Å². The summed E-state index contributed by atoms with van der Waals surface area (Å²) in [5.41, 5.74) is 3.92. The SMILES string of the molecule is Cc1ccc(CN2CCN(Cc3ccccn3)CC2)cc1. The van der Waals surface area contributed by atoms with Crippen molar-refractivity contribution < 1.29 is 0 Å². The van der Waals surface area contributed by atoms with Gasteiger partial charge in [0.05, 0.1) is 5.69 Å². The maximum absolute atomic E-state index is 4.41. The molecular weight excluding hydrogens is 258 g/mol. The fourth-order valence-electron chi connectivity index (χ4n) is 2.78. The summed E-state index contributed by atoms with van der Waals surface area (Å²) < 4.78 is 0. The molecule has 0 spiro atoms. The third kappa shape index (κ3) is 4.13. The van der Waals surface area contributed by atoms with E-state index in [1.54, 1.807) is 0 Å². The number of pyridine rings is 1. The van der Waals surface area contributed by atoms with Gasteiger partial charge in [-0.05, 0) is 24.6 Å². The standard InChI is InChI=1S/C18H23N3/c1-16-5-7-17(8-6-16)14-20-10-12-21(13-11-20)15-18-4-2-3-9-19-18/h2-9H,10-15H2,1H3. The normalized spacial score (nSPS) is 17.0. The van der Waals surface area contributed by atoms with Crippen LogP contribution >= 0.6 is 0 Å². The first-order valence-corrected chi connectivity index (χ1v) is 7.70. The predicted octanol–water partition coefficient (Wildman–Crippen LogP) is 2.71. The van der Waals surface area contributed by atoms with E-state index in [9.17, 15) is 0 Å². The second kappa shape index (κ2) is 6.83.